The molecule has 0 bridgehead atoms. The normalized spacial score (nSPS) is 12.6. The lowest BCUT2D eigenvalue weighted by atomic mass is 10.0. The molecular formula is C14H17Br2N3. The molecule has 1 unspecified atom stereocenters. The number of aromatic nitrogens is 2. The predicted molar refractivity (Wildman–Crippen MR) is 85.3 cm³/mol. The molecule has 0 saturated heterocycles. The molecular weight excluding hydrogens is 370 g/mol. The van der Waals surface area contributed by atoms with Crippen LogP contribution in [0, 0.1) is 0 Å². The standard InChI is InChI=1S/C14H17Br2N3/c1-3-4-19-9-11(8-18-19)14(17-2)10-5-12(15)7-13(16)6-10/h5-9,14,17H,3-4H2,1-2H3. The molecule has 0 aliphatic heterocycles. The van der Waals surface area contributed by atoms with Crippen LogP contribution < -0.4 is 5.32 Å². The van der Waals surface area contributed by atoms with Gasteiger partial charge in [-0.2, -0.15) is 5.10 Å². The summed E-state index contributed by atoms with van der Waals surface area (Å²) in [7, 11) is 1.97. The van der Waals surface area contributed by atoms with Crippen molar-refractivity contribution in [1.82, 2.24) is 15.1 Å². The summed E-state index contributed by atoms with van der Waals surface area (Å²) in [6.45, 7) is 3.11. The molecule has 0 spiro atoms. The minimum Gasteiger partial charge on any atom is -0.309 e. The Bertz CT molecular complexity index is 531. The van der Waals surface area contributed by atoms with Gasteiger partial charge in [0.2, 0.25) is 0 Å². The Hall–Kier alpha value is -0.650. The first kappa shape index (κ1) is 14.8. The topological polar surface area (TPSA) is 29.9 Å². The predicted octanol–water partition coefficient (Wildman–Crippen LogP) is 4.13. The Balaban J connectivity index is 2.32. The first-order valence-corrected chi connectivity index (χ1v) is 7.88. The van der Waals surface area contributed by atoms with Gasteiger partial charge in [-0.3, -0.25) is 4.68 Å². The van der Waals surface area contributed by atoms with Crippen LogP contribution in [0.5, 0.6) is 0 Å². The highest BCUT2D eigenvalue weighted by atomic mass is 79.9. The van der Waals surface area contributed by atoms with Gasteiger partial charge < -0.3 is 5.32 Å². The van der Waals surface area contributed by atoms with Crippen LogP contribution in [0.3, 0.4) is 0 Å². The molecule has 0 saturated carbocycles. The van der Waals surface area contributed by atoms with E-state index < -0.39 is 0 Å². The van der Waals surface area contributed by atoms with Crippen LogP contribution in [0.4, 0.5) is 0 Å². The van der Waals surface area contributed by atoms with Crippen molar-refractivity contribution in [2.45, 2.75) is 25.9 Å². The average Bonchev–Trinajstić information content (AvgIpc) is 2.78. The molecule has 1 atom stereocenters. The zero-order chi connectivity index (χ0) is 13.8. The smallest absolute Gasteiger partial charge is 0.0606 e. The van der Waals surface area contributed by atoms with E-state index in [1.165, 1.54) is 11.1 Å². The number of hydrogen-bond acceptors (Lipinski definition) is 2. The van der Waals surface area contributed by atoms with Crippen LogP contribution >= 0.6 is 31.9 Å². The summed E-state index contributed by atoms with van der Waals surface area (Å²) in [5, 5.41) is 7.75. The van der Waals surface area contributed by atoms with Gasteiger partial charge in [0, 0.05) is 27.3 Å². The molecule has 0 aliphatic rings. The largest absolute Gasteiger partial charge is 0.309 e. The van der Waals surface area contributed by atoms with Crippen molar-refractivity contribution in [2.24, 2.45) is 0 Å². The van der Waals surface area contributed by atoms with Crippen LogP contribution in [0.2, 0.25) is 0 Å². The number of nitrogens with zero attached hydrogens (tertiary/aromatic N) is 2. The van der Waals surface area contributed by atoms with Gasteiger partial charge in [0.15, 0.2) is 0 Å². The molecule has 1 aromatic heterocycles. The Labute approximate surface area is 130 Å². The van der Waals surface area contributed by atoms with E-state index in [1.807, 2.05) is 24.0 Å². The van der Waals surface area contributed by atoms with Crippen molar-refractivity contribution in [3.8, 4) is 0 Å². The molecule has 2 aromatic rings. The summed E-state index contributed by atoms with van der Waals surface area (Å²) in [5.74, 6) is 0. The van der Waals surface area contributed by atoms with E-state index in [0.717, 1.165) is 21.9 Å². The molecule has 1 aromatic carbocycles. The molecule has 5 heteroatoms. The van der Waals surface area contributed by atoms with E-state index in [9.17, 15) is 0 Å². The monoisotopic (exact) mass is 385 g/mol. The van der Waals surface area contributed by atoms with Gasteiger partial charge in [0.25, 0.3) is 0 Å². The molecule has 0 aliphatic carbocycles. The van der Waals surface area contributed by atoms with Gasteiger partial charge in [-0.25, -0.2) is 0 Å². The third-order valence-corrected chi connectivity index (χ3v) is 3.86. The second kappa shape index (κ2) is 6.68. The SMILES string of the molecule is CCCn1cc(C(NC)c2cc(Br)cc(Br)c2)cn1. The van der Waals surface area contributed by atoms with E-state index in [0.29, 0.717) is 0 Å². The third kappa shape index (κ3) is 3.68. The fourth-order valence-electron chi connectivity index (χ4n) is 2.15. The number of nitrogens with one attached hydrogen (secondary N) is 1. The highest BCUT2D eigenvalue weighted by molar-refractivity contribution is 9.11. The lowest BCUT2D eigenvalue weighted by Crippen LogP contribution is -2.17. The van der Waals surface area contributed by atoms with E-state index in [1.54, 1.807) is 0 Å². The Morgan fingerprint density at radius 2 is 1.89 bits per heavy atom. The second-order valence-corrected chi connectivity index (χ2v) is 6.29. The molecule has 102 valence electrons. The zero-order valence-corrected chi connectivity index (χ0v) is 14.2. The van der Waals surface area contributed by atoms with E-state index in [4.69, 9.17) is 0 Å². The van der Waals surface area contributed by atoms with E-state index in [2.05, 4.69) is 67.5 Å². The van der Waals surface area contributed by atoms with Gasteiger partial charge in [-0.05, 0) is 37.2 Å². The quantitative estimate of drug-likeness (QED) is 0.837. The minimum atomic E-state index is 0.152. The Kier molecular flexibility index (Phi) is 5.19. The Morgan fingerprint density at radius 3 is 2.47 bits per heavy atom. The molecule has 19 heavy (non-hydrogen) atoms. The summed E-state index contributed by atoms with van der Waals surface area (Å²) < 4.78 is 4.13. The number of hydrogen-bond donors (Lipinski definition) is 1. The van der Waals surface area contributed by atoms with Gasteiger partial charge in [-0.1, -0.05) is 38.8 Å². The molecule has 1 N–H and O–H groups in total. The second-order valence-electron chi connectivity index (χ2n) is 4.46. The maximum Gasteiger partial charge on any atom is 0.0606 e. The van der Waals surface area contributed by atoms with E-state index >= 15 is 0 Å². The highest BCUT2D eigenvalue weighted by Crippen LogP contribution is 2.27. The summed E-state index contributed by atoms with van der Waals surface area (Å²) >= 11 is 7.07. The lowest BCUT2D eigenvalue weighted by molar-refractivity contribution is 0.600. The average molecular weight is 387 g/mol. The first-order chi connectivity index (χ1) is 9.13. The fraction of sp³-hybridized carbons (Fsp3) is 0.357. The molecule has 2 rings (SSSR count). The Morgan fingerprint density at radius 1 is 1.21 bits per heavy atom. The van der Waals surface area contributed by atoms with Gasteiger partial charge in [0.05, 0.1) is 12.2 Å². The molecule has 1 heterocycles. The third-order valence-electron chi connectivity index (χ3n) is 2.95. The highest BCUT2D eigenvalue weighted by Gasteiger charge is 2.15. The maximum atomic E-state index is 4.40. The lowest BCUT2D eigenvalue weighted by Gasteiger charge is -2.15. The maximum absolute atomic E-state index is 4.40. The number of benzene rings is 1. The fourth-order valence-corrected chi connectivity index (χ4v) is 3.48. The summed E-state index contributed by atoms with van der Waals surface area (Å²) in [6.07, 6.45) is 5.14. The summed E-state index contributed by atoms with van der Waals surface area (Å²) in [6, 6.07) is 6.45. The molecule has 0 amide bonds. The van der Waals surface area contributed by atoms with Gasteiger partial charge in [0.1, 0.15) is 0 Å². The molecule has 3 nitrogen and oxygen atoms in total. The van der Waals surface area contributed by atoms with Crippen molar-refractivity contribution in [2.75, 3.05) is 7.05 Å². The zero-order valence-electron chi connectivity index (χ0n) is 11.0. The number of halogens is 2. The van der Waals surface area contributed by atoms with Crippen molar-refractivity contribution in [3.63, 3.8) is 0 Å². The van der Waals surface area contributed by atoms with Crippen LogP contribution in [0.25, 0.3) is 0 Å². The van der Waals surface area contributed by atoms with Crippen molar-refractivity contribution < 1.29 is 0 Å². The summed E-state index contributed by atoms with van der Waals surface area (Å²) in [5.41, 5.74) is 2.39. The molecule has 0 fully saturated rings. The van der Waals surface area contributed by atoms with Gasteiger partial charge >= 0.3 is 0 Å². The van der Waals surface area contributed by atoms with Crippen LogP contribution in [0.15, 0.2) is 39.5 Å². The van der Waals surface area contributed by atoms with Crippen LogP contribution in [-0.4, -0.2) is 16.8 Å². The minimum absolute atomic E-state index is 0.152. The van der Waals surface area contributed by atoms with E-state index in [-0.39, 0.29) is 6.04 Å². The van der Waals surface area contributed by atoms with Crippen LogP contribution in [0.1, 0.15) is 30.5 Å². The number of rotatable bonds is 5. The van der Waals surface area contributed by atoms with Crippen molar-refractivity contribution in [3.05, 3.63) is 50.7 Å². The van der Waals surface area contributed by atoms with Crippen LogP contribution in [-0.2, 0) is 6.54 Å². The van der Waals surface area contributed by atoms with Crippen molar-refractivity contribution >= 4 is 31.9 Å². The molecule has 0 radical (unpaired) electrons. The number of aryl methyl sites for hydroxylation is 1. The summed E-state index contributed by atoms with van der Waals surface area (Å²) in [4.78, 5) is 0. The van der Waals surface area contributed by atoms with Crippen molar-refractivity contribution in [1.29, 1.82) is 0 Å². The van der Waals surface area contributed by atoms with Gasteiger partial charge in [-0.15, -0.1) is 0 Å². The first-order valence-electron chi connectivity index (χ1n) is 6.29.